The van der Waals surface area contributed by atoms with Crippen LogP contribution in [0, 0.1) is 6.92 Å². The zero-order valence-corrected chi connectivity index (χ0v) is 21.1. The van der Waals surface area contributed by atoms with Crippen LogP contribution < -0.4 is 19.1 Å². The van der Waals surface area contributed by atoms with Gasteiger partial charge in [-0.3, -0.25) is 4.79 Å². The summed E-state index contributed by atoms with van der Waals surface area (Å²) in [7, 11) is 0. The highest BCUT2D eigenvalue weighted by Crippen LogP contribution is 2.43. The minimum atomic E-state index is -0.892. The maximum atomic E-state index is 12.3. The Hall–Kier alpha value is -2.93. The second-order valence-corrected chi connectivity index (χ2v) is 9.22. The van der Waals surface area contributed by atoms with E-state index < -0.39 is 11.4 Å². The van der Waals surface area contributed by atoms with Gasteiger partial charge in [0.05, 0.1) is 12.0 Å². The van der Waals surface area contributed by atoms with Crippen molar-refractivity contribution < 1.29 is 34.3 Å². The lowest BCUT2D eigenvalue weighted by molar-refractivity contribution is -0.143. The van der Waals surface area contributed by atoms with E-state index in [1.54, 1.807) is 0 Å². The second kappa shape index (κ2) is 12.7. The predicted molar refractivity (Wildman–Crippen MR) is 134 cm³/mol. The zero-order chi connectivity index (χ0) is 25.3. The molecule has 192 valence electrons. The van der Waals surface area contributed by atoms with Crippen molar-refractivity contribution in [2.24, 2.45) is 0 Å². The zero-order valence-electron chi connectivity index (χ0n) is 21.1. The summed E-state index contributed by atoms with van der Waals surface area (Å²) in [6.07, 6.45) is 6.56. The molecule has 1 aliphatic rings. The average Bonchev–Trinajstić information content (AvgIpc) is 3.35. The van der Waals surface area contributed by atoms with E-state index in [-0.39, 0.29) is 13.2 Å². The highest BCUT2D eigenvalue weighted by molar-refractivity contribution is 5.82. The Bertz CT molecular complexity index is 980. The van der Waals surface area contributed by atoms with Crippen molar-refractivity contribution in [1.82, 2.24) is 0 Å². The van der Waals surface area contributed by atoms with Gasteiger partial charge >= 0.3 is 5.97 Å². The Kier molecular flexibility index (Phi) is 9.66. The molecule has 0 aliphatic heterocycles. The first-order valence-corrected chi connectivity index (χ1v) is 12.7. The molecule has 1 fully saturated rings. The summed E-state index contributed by atoms with van der Waals surface area (Å²) >= 11 is 0. The molecule has 35 heavy (non-hydrogen) atoms. The first-order valence-electron chi connectivity index (χ1n) is 12.7. The summed E-state index contributed by atoms with van der Waals surface area (Å²) in [6.45, 7) is 7.15. The highest BCUT2D eigenvalue weighted by Gasteiger charge is 2.43. The van der Waals surface area contributed by atoms with E-state index in [1.807, 2.05) is 37.3 Å². The second-order valence-electron chi connectivity index (χ2n) is 9.22. The van der Waals surface area contributed by atoms with Crippen LogP contribution in [0.1, 0.15) is 75.5 Å². The van der Waals surface area contributed by atoms with Gasteiger partial charge in [0.1, 0.15) is 30.5 Å². The van der Waals surface area contributed by atoms with E-state index in [1.165, 1.54) is 0 Å². The molecule has 1 saturated carbocycles. The molecule has 7 heteroatoms. The Morgan fingerprint density at radius 2 is 1.60 bits per heavy atom. The third kappa shape index (κ3) is 6.40. The SMILES string of the molecule is CCCCOc1cc(OCCOc2ccc(C)c(OO)c2CCC)cc(C2(C(=O)O)CCCC2)c1. The summed E-state index contributed by atoms with van der Waals surface area (Å²) in [5.74, 6) is 1.50. The van der Waals surface area contributed by atoms with Crippen molar-refractivity contribution in [3.63, 3.8) is 0 Å². The number of rotatable bonds is 14. The lowest BCUT2D eigenvalue weighted by atomic mass is 9.79. The monoisotopic (exact) mass is 486 g/mol. The van der Waals surface area contributed by atoms with Crippen molar-refractivity contribution in [3.05, 3.63) is 47.0 Å². The molecule has 0 saturated heterocycles. The van der Waals surface area contributed by atoms with Crippen molar-refractivity contribution in [2.75, 3.05) is 19.8 Å². The summed E-state index contributed by atoms with van der Waals surface area (Å²) < 4.78 is 17.9. The standard InChI is InChI=1S/C28H38O7/c1-4-6-14-32-22-17-21(28(27(29)30)12-7-8-13-28)18-23(19-22)33-15-16-34-25-11-10-20(3)26(35-31)24(25)9-5-2/h10-11,17-19,31H,4-9,12-16H2,1-3H3,(H,29,30). The molecule has 0 radical (unpaired) electrons. The number of aliphatic carboxylic acids is 1. The third-order valence-electron chi connectivity index (χ3n) is 6.68. The van der Waals surface area contributed by atoms with Gasteiger partial charge < -0.3 is 24.2 Å². The van der Waals surface area contributed by atoms with Crippen LogP contribution >= 0.6 is 0 Å². The Balaban J connectivity index is 1.74. The molecule has 0 heterocycles. The number of aryl methyl sites for hydroxylation is 1. The minimum Gasteiger partial charge on any atom is -0.493 e. The Morgan fingerprint density at radius 3 is 2.20 bits per heavy atom. The van der Waals surface area contributed by atoms with Crippen LogP contribution in [0.25, 0.3) is 0 Å². The number of carboxylic acids is 1. The number of carbonyl (C=O) groups is 1. The van der Waals surface area contributed by atoms with Crippen LogP contribution in [0.2, 0.25) is 0 Å². The number of hydrogen-bond donors (Lipinski definition) is 2. The van der Waals surface area contributed by atoms with Gasteiger partial charge in [0.25, 0.3) is 0 Å². The van der Waals surface area contributed by atoms with Crippen molar-refractivity contribution >= 4 is 5.97 Å². The molecule has 3 rings (SSSR count). The fourth-order valence-electron chi connectivity index (χ4n) is 4.74. The van der Waals surface area contributed by atoms with Crippen LogP contribution in [0.15, 0.2) is 30.3 Å². The normalized spacial score (nSPS) is 14.5. The van der Waals surface area contributed by atoms with Crippen LogP contribution in [0.3, 0.4) is 0 Å². The molecule has 1 aliphatic carbocycles. The molecular weight excluding hydrogens is 448 g/mol. The van der Waals surface area contributed by atoms with E-state index in [0.717, 1.165) is 48.8 Å². The number of carboxylic acid groups (broad SMARTS) is 1. The Labute approximate surface area is 207 Å². The number of hydrogen-bond acceptors (Lipinski definition) is 6. The maximum Gasteiger partial charge on any atom is 0.314 e. The van der Waals surface area contributed by atoms with E-state index >= 15 is 0 Å². The summed E-state index contributed by atoms with van der Waals surface area (Å²) in [5, 5.41) is 19.4. The lowest BCUT2D eigenvalue weighted by Gasteiger charge is -2.25. The summed E-state index contributed by atoms with van der Waals surface area (Å²) in [4.78, 5) is 16.9. The molecule has 0 bridgehead atoms. The molecule has 2 N–H and O–H groups in total. The molecule has 0 atom stereocenters. The molecule has 0 unspecified atom stereocenters. The van der Waals surface area contributed by atoms with Gasteiger partial charge in [-0.1, -0.05) is 45.6 Å². The van der Waals surface area contributed by atoms with Crippen LogP contribution in [0.4, 0.5) is 0 Å². The fraction of sp³-hybridized carbons (Fsp3) is 0.536. The molecule has 0 spiro atoms. The average molecular weight is 487 g/mol. The predicted octanol–water partition coefficient (Wildman–Crippen LogP) is 6.33. The van der Waals surface area contributed by atoms with E-state index in [9.17, 15) is 15.2 Å². The van der Waals surface area contributed by atoms with E-state index in [2.05, 4.69) is 18.7 Å². The molecule has 7 nitrogen and oxygen atoms in total. The van der Waals surface area contributed by atoms with Gasteiger partial charge in [0.2, 0.25) is 0 Å². The van der Waals surface area contributed by atoms with Gasteiger partial charge in [0.15, 0.2) is 5.75 Å². The van der Waals surface area contributed by atoms with Crippen molar-refractivity contribution in [1.29, 1.82) is 0 Å². The molecule has 2 aromatic rings. The van der Waals surface area contributed by atoms with Crippen molar-refractivity contribution in [3.8, 4) is 23.0 Å². The Morgan fingerprint density at radius 1 is 0.943 bits per heavy atom. The fourth-order valence-corrected chi connectivity index (χ4v) is 4.74. The number of unbranched alkanes of at least 4 members (excludes halogenated alkanes) is 1. The minimum absolute atomic E-state index is 0.271. The van der Waals surface area contributed by atoms with Crippen molar-refractivity contribution in [2.45, 2.75) is 77.6 Å². The van der Waals surface area contributed by atoms with E-state index in [4.69, 9.17) is 14.2 Å². The smallest absolute Gasteiger partial charge is 0.314 e. The van der Waals surface area contributed by atoms with E-state index in [0.29, 0.717) is 48.9 Å². The first-order chi connectivity index (χ1) is 16.9. The van der Waals surface area contributed by atoms with Gasteiger partial charge in [-0.2, -0.15) is 0 Å². The largest absolute Gasteiger partial charge is 0.493 e. The highest BCUT2D eigenvalue weighted by atomic mass is 17.1. The van der Waals surface area contributed by atoms with Gasteiger partial charge in [-0.15, -0.1) is 0 Å². The van der Waals surface area contributed by atoms with Gasteiger partial charge in [-0.25, -0.2) is 5.26 Å². The quantitative estimate of drug-likeness (QED) is 0.183. The maximum absolute atomic E-state index is 12.3. The summed E-state index contributed by atoms with van der Waals surface area (Å²) in [5.41, 5.74) is 1.51. The third-order valence-corrected chi connectivity index (χ3v) is 6.68. The van der Waals surface area contributed by atoms with Crippen LogP contribution in [0.5, 0.6) is 23.0 Å². The molecule has 0 amide bonds. The van der Waals surface area contributed by atoms with Crippen LogP contribution in [-0.4, -0.2) is 36.2 Å². The lowest BCUT2D eigenvalue weighted by Crippen LogP contribution is -2.32. The molecule has 0 aromatic heterocycles. The summed E-state index contributed by atoms with van der Waals surface area (Å²) in [6, 6.07) is 9.23. The van der Waals surface area contributed by atoms with Gasteiger partial charge in [-0.05, 0) is 61.9 Å². The molecular formula is C28H38O7. The van der Waals surface area contributed by atoms with Gasteiger partial charge in [0, 0.05) is 11.6 Å². The first kappa shape index (κ1) is 26.7. The molecule has 2 aromatic carbocycles. The number of ether oxygens (including phenoxy) is 3. The topological polar surface area (TPSA) is 94.5 Å². The van der Waals surface area contributed by atoms with Crippen LogP contribution in [-0.2, 0) is 16.6 Å². The number of benzene rings is 2.